The molecule has 1 aromatic heterocycles. The summed E-state index contributed by atoms with van der Waals surface area (Å²) in [5, 5.41) is 1.18. The van der Waals surface area contributed by atoms with E-state index in [1.807, 2.05) is 24.0 Å². The van der Waals surface area contributed by atoms with Gasteiger partial charge in [0.15, 0.2) is 0 Å². The minimum atomic E-state index is 0.320. The van der Waals surface area contributed by atoms with Gasteiger partial charge < -0.3 is 0 Å². The van der Waals surface area contributed by atoms with Crippen LogP contribution in [0.5, 0.6) is 0 Å². The first-order valence-electron chi connectivity index (χ1n) is 7.22. The number of unbranched alkanes of at least 4 members (excludes halogenated alkanes) is 3. The number of hydrogen-bond acceptors (Lipinski definition) is 4. The smallest absolute Gasteiger partial charge is 0.113 e. The summed E-state index contributed by atoms with van der Waals surface area (Å²) in [6, 6.07) is 6.24. The Labute approximate surface area is 130 Å². The van der Waals surface area contributed by atoms with Gasteiger partial charge in [-0.2, -0.15) is 0 Å². The monoisotopic (exact) mass is 313 g/mol. The highest BCUT2D eigenvalue weighted by Crippen LogP contribution is 2.55. The van der Waals surface area contributed by atoms with Crippen molar-refractivity contribution in [2.75, 3.05) is 11.5 Å². The summed E-state index contributed by atoms with van der Waals surface area (Å²) in [6.07, 6.45) is 10.00. The summed E-state index contributed by atoms with van der Waals surface area (Å²) in [4.78, 5) is 4.50. The van der Waals surface area contributed by atoms with Crippen LogP contribution < -0.4 is 0 Å². The molecule has 0 radical (unpaired) electrons. The normalized spacial score (nSPS) is 18.4. The highest BCUT2D eigenvalue weighted by atomic mass is 32.3. The number of aromatic nitrogens is 1. The van der Waals surface area contributed by atoms with E-state index in [9.17, 15) is 0 Å². The second-order valence-electron chi connectivity index (χ2n) is 4.81. The molecule has 0 bridgehead atoms. The highest BCUT2D eigenvalue weighted by molar-refractivity contribution is 8.34. The predicted octanol–water partition coefficient (Wildman–Crippen LogP) is 5.67. The Kier molecular flexibility index (Phi) is 6.96. The molecule has 0 amide bonds. The van der Waals surface area contributed by atoms with E-state index in [-0.39, 0.29) is 0 Å². The van der Waals surface area contributed by atoms with Crippen LogP contribution >= 0.6 is 35.3 Å². The van der Waals surface area contributed by atoms with E-state index in [1.165, 1.54) is 55.1 Å². The third-order valence-electron chi connectivity index (χ3n) is 3.17. The SMILES string of the molecule is CCCCCCC1(Sc2ccccn2)SCCCS1. The van der Waals surface area contributed by atoms with Crippen LogP contribution in [0.3, 0.4) is 0 Å². The lowest BCUT2D eigenvalue weighted by Gasteiger charge is -2.35. The minimum absolute atomic E-state index is 0.320. The molecule has 0 N–H and O–H groups in total. The van der Waals surface area contributed by atoms with Gasteiger partial charge in [-0.25, -0.2) is 4.98 Å². The van der Waals surface area contributed by atoms with Crippen molar-refractivity contribution >= 4 is 35.3 Å². The van der Waals surface area contributed by atoms with Crippen LogP contribution in [-0.2, 0) is 0 Å². The third kappa shape index (κ3) is 5.24. The number of thioether (sulfide) groups is 3. The van der Waals surface area contributed by atoms with Gasteiger partial charge in [0, 0.05) is 6.20 Å². The third-order valence-corrected chi connectivity index (χ3v) is 8.32. The minimum Gasteiger partial charge on any atom is -0.250 e. The molecule has 1 aliphatic rings. The Bertz CT molecular complexity index is 350. The standard InChI is InChI=1S/C15H23NS3/c1-2-3-4-6-10-15(17-12-8-13-18-15)19-14-9-5-7-11-16-14/h5,7,9,11H,2-4,6,8,10,12-13H2,1H3. The molecule has 19 heavy (non-hydrogen) atoms. The Hall–Kier alpha value is 0.200. The lowest BCUT2D eigenvalue weighted by atomic mass is 10.2. The van der Waals surface area contributed by atoms with Gasteiger partial charge >= 0.3 is 0 Å². The quantitative estimate of drug-likeness (QED) is 0.601. The van der Waals surface area contributed by atoms with Gasteiger partial charge in [-0.1, -0.05) is 50.4 Å². The topological polar surface area (TPSA) is 12.9 Å². The first-order valence-corrected chi connectivity index (χ1v) is 10.0. The van der Waals surface area contributed by atoms with E-state index in [2.05, 4.69) is 47.6 Å². The van der Waals surface area contributed by atoms with Crippen molar-refractivity contribution < 1.29 is 0 Å². The second-order valence-corrected chi connectivity index (χ2v) is 9.70. The molecular formula is C15H23NS3. The lowest BCUT2D eigenvalue weighted by Crippen LogP contribution is -2.21. The summed E-state index contributed by atoms with van der Waals surface area (Å²) >= 11 is 6.28. The van der Waals surface area contributed by atoms with Crippen LogP contribution in [0, 0.1) is 0 Å². The molecule has 1 aliphatic heterocycles. The van der Waals surface area contributed by atoms with Gasteiger partial charge in [0.05, 0.1) is 5.03 Å². The molecular weight excluding hydrogens is 290 g/mol. The number of rotatable bonds is 7. The number of nitrogens with zero attached hydrogens (tertiary/aromatic N) is 1. The summed E-state index contributed by atoms with van der Waals surface area (Å²) < 4.78 is 0.320. The van der Waals surface area contributed by atoms with Crippen LogP contribution in [0.25, 0.3) is 0 Å². The van der Waals surface area contributed by atoms with E-state index in [0.717, 1.165) is 0 Å². The van der Waals surface area contributed by atoms with Gasteiger partial charge in [-0.15, -0.1) is 23.5 Å². The largest absolute Gasteiger partial charge is 0.250 e. The van der Waals surface area contributed by atoms with E-state index < -0.39 is 0 Å². The van der Waals surface area contributed by atoms with Crippen LogP contribution in [0.15, 0.2) is 29.4 Å². The van der Waals surface area contributed by atoms with Crippen LogP contribution in [0.4, 0.5) is 0 Å². The average Bonchev–Trinajstić information content (AvgIpc) is 2.46. The Morgan fingerprint density at radius 2 is 2.05 bits per heavy atom. The van der Waals surface area contributed by atoms with Gasteiger partial charge in [0.1, 0.15) is 3.41 Å². The summed E-state index contributed by atoms with van der Waals surface area (Å²) in [5.74, 6) is 2.61. The Balaban J connectivity index is 1.94. The van der Waals surface area contributed by atoms with Crippen LogP contribution in [0.1, 0.15) is 45.4 Å². The van der Waals surface area contributed by atoms with Crippen molar-refractivity contribution in [3.8, 4) is 0 Å². The van der Waals surface area contributed by atoms with E-state index in [0.29, 0.717) is 3.41 Å². The summed E-state index contributed by atoms with van der Waals surface area (Å²) in [7, 11) is 0. The number of pyridine rings is 1. The molecule has 1 nitrogen and oxygen atoms in total. The van der Waals surface area contributed by atoms with Gasteiger partial charge in [-0.05, 0) is 36.5 Å². The molecule has 1 fully saturated rings. The molecule has 106 valence electrons. The maximum atomic E-state index is 4.50. The summed E-state index contributed by atoms with van der Waals surface area (Å²) in [5.41, 5.74) is 0. The fourth-order valence-electron chi connectivity index (χ4n) is 2.15. The predicted molar refractivity (Wildman–Crippen MR) is 91.1 cm³/mol. The first-order chi connectivity index (χ1) is 9.35. The molecule has 2 rings (SSSR count). The first kappa shape index (κ1) is 15.6. The molecule has 1 aromatic rings. The molecule has 0 saturated carbocycles. The Morgan fingerprint density at radius 1 is 1.21 bits per heavy atom. The maximum absolute atomic E-state index is 4.50. The zero-order chi connectivity index (χ0) is 13.4. The molecule has 0 aliphatic carbocycles. The number of hydrogen-bond donors (Lipinski definition) is 0. The maximum Gasteiger partial charge on any atom is 0.113 e. The van der Waals surface area contributed by atoms with Crippen molar-refractivity contribution in [1.82, 2.24) is 4.98 Å². The van der Waals surface area contributed by atoms with Crippen molar-refractivity contribution in [1.29, 1.82) is 0 Å². The molecule has 0 atom stereocenters. The fraction of sp³-hybridized carbons (Fsp3) is 0.667. The highest BCUT2D eigenvalue weighted by Gasteiger charge is 2.34. The van der Waals surface area contributed by atoms with Crippen LogP contribution in [0.2, 0.25) is 0 Å². The van der Waals surface area contributed by atoms with Crippen molar-refractivity contribution in [3.05, 3.63) is 24.4 Å². The van der Waals surface area contributed by atoms with Crippen molar-refractivity contribution in [2.24, 2.45) is 0 Å². The van der Waals surface area contributed by atoms with E-state index in [4.69, 9.17) is 0 Å². The van der Waals surface area contributed by atoms with Crippen LogP contribution in [-0.4, -0.2) is 19.9 Å². The average molecular weight is 314 g/mol. The van der Waals surface area contributed by atoms with Crippen molar-refractivity contribution in [3.63, 3.8) is 0 Å². The molecule has 2 heterocycles. The summed E-state index contributed by atoms with van der Waals surface area (Å²) in [6.45, 7) is 2.28. The van der Waals surface area contributed by atoms with Gasteiger partial charge in [0.25, 0.3) is 0 Å². The molecule has 0 spiro atoms. The zero-order valence-electron chi connectivity index (χ0n) is 11.6. The lowest BCUT2D eigenvalue weighted by molar-refractivity contribution is 0.644. The molecule has 1 saturated heterocycles. The second kappa shape index (κ2) is 8.48. The van der Waals surface area contributed by atoms with Gasteiger partial charge in [0.2, 0.25) is 0 Å². The zero-order valence-corrected chi connectivity index (χ0v) is 14.1. The molecule has 0 aromatic carbocycles. The molecule has 4 heteroatoms. The van der Waals surface area contributed by atoms with E-state index in [1.54, 1.807) is 0 Å². The Morgan fingerprint density at radius 3 is 2.74 bits per heavy atom. The molecule has 0 unspecified atom stereocenters. The van der Waals surface area contributed by atoms with E-state index >= 15 is 0 Å². The van der Waals surface area contributed by atoms with Crippen molar-refractivity contribution in [2.45, 2.75) is 53.9 Å². The fourth-order valence-corrected chi connectivity index (χ4v) is 7.25. The van der Waals surface area contributed by atoms with Gasteiger partial charge in [-0.3, -0.25) is 0 Å².